The van der Waals surface area contributed by atoms with Gasteiger partial charge < -0.3 is 0 Å². The third kappa shape index (κ3) is 4.50. The molecule has 1 aromatic rings. The quantitative estimate of drug-likeness (QED) is 0.877. The van der Waals surface area contributed by atoms with Gasteiger partial charge in [0, 0.05) is 19.6 Å². The molecule has 0 saturated heterocycles. The van der Waals surface area contributed by atoms with Gasteiger partial charge in [-0.05, 0) is 30.5 Å². The highest BCUT2D eigenvalue weighted by molar-refractivity contribution is 7.87. The van der Waals surface area contributed by atoms with Crippen molar-refractivity contribution in [2.24, 2.45) is 5.92 Å². The zero-order valence-electron chi connectivity index (χ0n) is 12.0. The van der Waals surface area contributed by atoms with Crippen LogP contribution in [0.2, 0.25) is 0 Å². The van der Waals surface area contributed by atoms with Crippen LogP contribution in [-0.2, 0) is 10.2 Å². The van der Waals surface area contributed by atoms with Gasteiger partial charge in [-0.25, -0.2) is 8.78 Å². The van der Waals surface area contributed by atoms with Crippen molar-refractivity contribution in [1.82, 2.24) is 9.03 Å². The normalized spacial score (nSPS) is 14.0. The first-order chi connectivity index (χ1) is 9.13. The van der Waals surface area contributed by atoms with E-state index < -0.39 is 27.9 Å². The summed E-state index contributed by atoms with van der Waals surface area (Å²) in [6.45, 7) is 5.77. The monoisotopic (exact) mass is 306 g/mol. The molecule has 0 aliphatic rings. The summed E-state index contributed by atoms with van der Waals surface area (Å²) in [5.41, 5.74) is 0.366. The van der Waals surface area contributed by atoms with Gasteiger partial charge >= 0.3 is 0 Å². The predicted octanol–water partition coefficient (Wildman–Crippen LogP) is 2.45. The summed E-state index contributed by atoms with van der Waals surface area (Å²) in [5.74, 6) is -1.76. The fourth-order valence-electron chi connectivity index (χ4n) is 1.78. The van der Waals surface area contributed by atoms with Crippen molar-refractivity contribution < 1.29 is 17.2 Å². The first-order valence-corrected chi connectivity index (χ1v) is 7.76. The average Bonchev–Trinajstić information content (AvgIpc) is 2.31. The summed E-state index contributed by atoms with van der Waals surface area (Å²) in [7, 11) is -2.19. The molecule has 0 aromatic heterocycles. The second kappa shape index (κ2) is 6.60. The van der Waals surface area contributed by atoms with Crippen LogP contribution in [0.25, 0.3) is 0 Å². The van der Waals surface area contributed by atoms with Crippen LogP contribution in [-0.4, -0.2) is 26.3 Å². The highest BCUT2D eigenvalue weighted by atomic mass is 32.2. The van der Waals surface area contributed by atoms with E-state index >= 15 is 0 Å². The Morgan fingerprint density at radius 3 is 2.30 bits per heavy atom. The molecule has 0 aliphatic heterocycles. The summed E-state index contributed by atoms with van der Waals surface area (Å²) in [4.78, 5) is 0. The smallest absolute Gasteiger partial charge is 0.204 e. The third-order valence-corrected chi connectivity index (χ3v) is 4.42. The van der Waals surface area contributed by atoms with E-state index in [-0.39, 0.29) is 5.92 Å². The number of benzene rings is 1. The molecule has 0 radical (unpaired) electrons. The third-order valence-electron chi connectivity index (χ3n) is 2.80. The van der Waals surface area contributed by atoms with Gasteiger partial charge in [0.15, 0.2) is 11.6 Å². The van der Waals surface area contributed by atoms with Gasteiger partial charge in [-0.3, -0.25) is 0 Å². The maximum Gasteiger partial charge on any atom is 0.279 e. The number of nitrogens with zero attached hydrogens (tertiary/aromatic N) is 1. The molecule has 0 saturated carbocycles. The summed E-state index contributed by atoms with van der Waals surface area (Å²) < 4.78 is 53.7. The Hall–Kier alpha value is -1.05. The molecule has 7 heteroatoms. The second-order valence-electron chi connectivity index (χ2n) is 5.19. The highest BCUT2D eigenvalue weighted by Crippen LogP contribution is 2.17. The highest BCUT2D eigenvalue weighted by Gasteiger charge is 2.22. The van der Waals surface area contributed by atoms with E-state index in [4.69, 9.17) is 0 Å². The van der Waals surface area contributed by atoms with E-state index in [0.717, 1.165) is 12.1 Å². The van der Waals surface area contributed by atoms with Crippen LogP contribution in [0, 0.1) is 17.6 Å². The van der Waals surface area contributed by atoms with E-state index in [1.807, 2.05) is 13.8 Å². The van der Waals surface area contributed by atoms with Crippen molar-refractivity contribution in [2.75, 3.05) is 13.6 Å². The minimum absolute atomic E-state index is 0.190. The van der Waals surface area contributed by atoms with Gasteiger partial charge in [-0.15, -0.1) is 0 Å². The summed E-state index contributed by atoms with van der Waals surface area (Å²) in [6.07, 6.45) is 0. The Morgan fingerprint density at radius 2 is 1.80 bits per heavy atom. The fraction of sp³-hybridized carbons (Fsp3) is 0.538. The maximum absolute atomic E-state index is 13.1. The van der Waals surface area contributed by atoms with Crippen molar-refractivity contribution in [3.05, 3.63) is 35.4 Å². The summed E-state index contributed by atoms with van der Waals surface area (Å²) in [5, 5.41) is 0. The first-order valence-electron chi connectivity index (χ1n) is 6.32. The summed E-state index contributed by atoms with van der Waals surface area (Å²) >= 11 is 0. The predicted molar refractivity (Wildman–Crippen MR) is 74.3 cm³/mol. The number of halogens is 2. The zero-order chi connectivity index (χ0) is 15.5. The lowest BCUT2D eigenvalue weighted by Gasteiger charge is -2.22. The molecule has 0 spiro atoms. The molecular weight excluding hydrogens is 286 g/mol. The van der Waals surface area contributed by atoms with Gasteiger partial charge in [-0.2, -0.15) is 17.4 Å². The number of nitrogens with one attached hydrogen (secondary N) is 1. The van der Waals surface area contributed by atoms with E-state index in [0.29, 0.717) is 12.1 Å². The molecule has 1 rings (SSSR count). The molecule has 1 atom stereocenters. The molecule has 0 heterocycles. The number of hydrogen-bond donors (Lipinski definition) is 1. The Balaban J connectivity index is 2.83. The molecule has 0 amide bonds. The second-order valence-corrected chi connectivity index (χ2v) is 7.00. The molecule has 4 nitrogen and oxygen atoms in total. The lowest BCUT2D eigenvalue weighted by Crippen LogP contribution is -2.41. The van der Waals surface area contributed by atoms with Gasteiger partial charge in [0.2, 0.25) is 0 Å². The molecule has 0 aliphatic carbocycles. The van der Waals surface area contributed by atoms with Crippen LogP contribution in [0.5, 0.6) is 0 Å². The molecule has 1 N–H and O–H groups in total. The van der Waals surface area contributed by atoms with Gasteiger partial charge in [0.25, 0.3) is 10.2 Å². The zero-order valence-corrected chi connectivity index (χ0v) is 12.8. The van der Waals surface area contributed by atoms with Crippen LogP contribution >= 0.6 is 0 Å². The van der Waals surface area contributed by atoms with Gasteiger partial charge in [-0.1, -0.05) is 19.9 Å². The minimum Gasteiger partial charge on any atom is -0.204 e. The lowest BCUT2D eigenvalue weighted by atomic mass is 10.1. The van der Waals surface area contributed by atoms with Crippen LogP contribution in [0.4, 0.5) is 8.78 Å². The van der Waals surface area contributed by atoms with Crippen molar-refractivity contribution in [2.45, 2.75) is 26.8 Å². The molecule has 1 unspecified atom stereocenters. The topological polar surface area (TPSA) is 49.4 Å². The number of rotatable bonds is 6. The van der Waals surface area contributed by atoms with Crippen LogP contribution in [0.1, 0.15) is 32.4 Å². The average molecular weight is 306 g/mol. The van der Waals surface area contributed by atoms with Crippen molar-refractivity contribution in [3.63, 3.8) is 0 Å². The maximum atomic E-state index is 13.1. The van der Waals surface area contributed by atoms with E-state index in [1.54, 1.807) is 6.92 Å². The lowest BCUT2D eigenvalue weighted by molar-refractivity contribution is 0.405. The Labute approximate surface area is 119 Å². The van der Waals surface area contributed by atoms with E-state index in [9.17, 15) is 17.2 Å². The molecule has 20 heavy (non-hydrogen) atoms. The molecular formula is C13H20F2N2O2S. The molecule has 1 aromatic carbocycles. The Morgan fingerprint density at radius 1 is 1.20 bits per heavy atom. The summed E-state index contributed by atoms with van der Waals surface area (Å²) in [6, 6.07) is 2.68. The van der Waals surface area contributed by atoms with Gasteiger partial charge in [0.1, 0.15) is 0 Å². The van der Waals surface area contributed by atoms with Crippen LogP contribution in [0.3, 0.4) is 0 Å². The SMILES string of the molecule is CC(C)CN(C)S(=O)(=O)NC(C)c1ccc(F)c(F)c1. The van der Waals surface area contributed by atoms with Crippen LogP contribution in [0.15, 0.2) is 18.2 Å². The van der Waals surface area contributed by atoms with Gasteiger partial charge in [0.05, 0.1) is 0 Å². The Kier molecular flexibility index (Phi) is 5.61. The minimum atomic E-state index is -3.66. The van der Waals surface area contributed by atoms with Crippen LogP contribution < -0.4 is 4.72 Å². The number of hydrogen-bond acceptors (Lipinski definition) is 2. The molecule has 0 fully saturated rings. The largest absolute Gasteiger partial charge is 0.279 e. The first kappa shape index (κ1) is 17.0. The Bertz CT molecular complexity index is 561. The van der Waals surface area contributed by atoms with Crippen molar-refractivity contribution >= 4 is 10.2 Å². The van der Waals surface area contributed by atoms with Crippen molar-refractivity contribution in [3.8, 4) is 0 Å². The van der Waals surface area contributed by atoms with E-state index in [2.05, 4.69) is 4.72 Å². The molecule has 0 bridgehead atoms. The van der Waals surface area contributed by atoms with Crippen molar-refractivity contribution in [1.29, 1.82) is 0 Å². The standard InChI is InChI=1S/C13H20F2N2O2S/c1-9(2)8-17(4)20(18,19)16-10(3)11-5-6-12(14)13(15)7-11/h5-7,9-10,16H,8H2,1-4H3. The fourth-order valence-corrected chi connectivity index (χ4v) is 3.03. The molecule has 114 valence electrons. The van der Waals surface area contributed by atoms with E-state index in [1.165, 1.54) is 17.4 Å².